The Labute approximate surface area is 133 Å². The highest BCUT2D eigenvalue weighted by Gasteiger charge is 2.13. The molecule has 6 nitrogen and oxygen atoms in total. The minimum atomic E-state index is -0.192. The fourth-order valence-corrected chi connectivity index (χ4v) is 2.04. The second-order valence-electron chi connectivity index (χ2n) is 4.82. The molecule has 3 rings (SSSR count). The van der Waals surface area contributed by atoms with E-state index in [1.165, 1.54) is 0 Å². The molecule has 0 fully saturated rings. The molecule has 23 heavy (non-hydrogen) atoms. The minimum Gasteiger partial charge on any atom is -0.492 e. The minimum absolute atomic E-state index is 0.0198. The Morgan fingerprint density at radius 3 is 2.70 bits per heavy atom. The van der Waals surface area contributed by atoms with Gasteiger partial charge in [0.25, 0.3) is 5.91 Å². The van der Waals surface area contributed by atoms with Crippen molar-refractivity contribution >= 4 is 5.91 Å². The Balaban J connectivity index is 1.34. The van der Waals surface area contributed by atoms with Crippen LogP contribution in [0.4, 0.5) is 0 Å². The number of nitrogens with one attached hydrogen (secondary N) is 1. The van der Waals surface area contributed by atoms with Gasteiger partial charge in [-0.05, 0) is 24.3 Å². The first-order chi connectivity index (χ1) is 11.3. The molecule has 0 aromatic heterocycles. The van der Waals surface area contributed by atoms with Gasteiger partial charge in [0.15, 0.2) is 18.1 Å². The molecule has 2 aromatic carbocycles. The molecule has 0 bridgehead atoms. The van der Waals surface area contributed by atoms with Gasteiger partial charge in [-0.3, -0.25) is 4.79 Å². The predicted molar refractivity (Wildman–Crippen MR) is 83.0 cm³/mol. The standard InChI is InChI=1S/C17H17NO5/c19-17(11-21-13-4-2-1-3-5-13)18-8-9-20-14-6-7-15-16(10-14)23-12-22-15/h1-7,10H,8-9,11-12H2,(H,18,19). The molecule has 0 radical (unpaired) electrons. The van der Waals surface area contributed by atoms with Crippen molar-refractivity contribution in [2.75, 3.05) is 26.6 Å². The summed E-state index contributed by atoms with van der Waals surface area (Å²) >= 11 is 0. The van der Waals surface area contributed by atoms with Gasteiger partial charge in [-0.2, -0.15) is 0 Å². The Hall–Kier alpha value is -2.89. The van der Waals surface area contributed by atoms with Gasteiger partial charge in [0, 0.05) is 6.07 Å². The first-order valence-electron chi connectivity index (χ1n) is 7.28. The normalized spacial score (nSPS) is 11.8. The first kappa shape index (κ1) is 15.0. The maximum absolute atomic E-state index is 11.7. The molecular formula is C17H17NO5. The van der Waals surface area contributed by atoms with Gasteiger partial charge >= 0.3 is 0 Å². The Morgan fingerprint density at radius 1 is 1.00 bits per heavy atom. The van der Waals surface area contributed by atoms with E-state index in [2.05, 4.69) is 5.32 Å². The number of carbonyl (C=O) groups is 1. The zero-order valence-corrected chi connectivity index (χ0v) is 12.5. The first-order valence-corrected chi connectivity index (χ1v) is 7.28. The summed E-state index contributed by atoms with van der Waals surface area (Å²) in [7, 11) is 0. The maximum atomic E-state index is 11.7. The second kappa shape index (κ2) is 7.40. The molecule has 2 aromatic rings. The molecule has 1 aliphatic rings. The lowest BCUT2D eigenvalue weighted by Gasteiger charge is -2.09. The fourth-order valence-electron chi connectivity index (χ4n) is 2.04. The molecule has 1 aliphatic heterocycles. The lowest BCUT2D eigenvalue weighted by molar-refractivity contribution is -0.123. The highest BCUT2D eigenvalue weighted by molar-refractivity contribution is 5.77. The van der Waals surface area contributed by atoms with Crippen molar-refractivity contribution in [3.05, 3.63) is 48.5 Å². The average molecular weight is 315 g/mol. The van der Waals surface area contributed by atoms with Crippen LogP contribution in [-0.2, 0) is 4.79 Å². The molecule has 0 atom stereocenters. The average Bonchev–Trinajstić information content (AvgIpc) is 3.05. The van der Waals surface area contributed by atoms with Crippen molar-refractivity contribution in [2.24, 2.45) is 0 Å². The number of fused-ring (bicyclic) bond motifs is 1. The van der Waals surface area contributed by atoms with Crippen molar-refractivity contribution in [1.29, 1.82) is 0 Å². The van der Waals surface area contributed by atoms with Crippen LogP contribution in [0.3, 0.4) is 0 Å². The summed E-state index contributed by atoms with van der Waals surface area (Å²) in [6.45, 7) is 0.965. The van der Waals surface area contributed by atoms with E-state index in [1.54, 1.807) is 30.3 Å². The van der Waals surface area contributed by atoms with Gasteiger partial charge in [0.05, 0.1) is 6.54 Å². The van der Waals surface area contributed by atoms with Crippen LogP contribution in [-0.4, -0.2) is 32.5 Å². The van der Waals surface area contributed by atoms with Crippen LogP contribution in [0.1, 0.15) is 0 Å². The van der Waals surface area contributed by atoms with Crippen LogP contribution in [0.25, 0.3) is 0 Å². The summed E-state index contributed by atoms with van der Waals surface area (Å²) < 4.78 is 21.4. The van der Waals surface area contributed by atoms with Crippen LogP contribution in [0.5, 0.6) is 23.0 Å². The third-order valence-electron chi connectivity index (χ3n) is 3.15. The van der Waals surface area contributed by atoms with Crippen molar-refractivity contribution < 1.29 is 23.7 Å². The molecule has 0 saturated heterocycles. The molecule has 1 N–H and O–H groups in total. The quantitative estimate of drug-likeness (QED) is 0.792. The molecule has 0 saturated carbocycles. The monoisotopic (exact) mass is 315 g/mol. The third kappa shape index (κ3) is 4.29. The van der Waals surface area contributed by atoms with Gasteiger partial charge < -0.3 is 24.3 Å². The number of benzene rings is 2. The predicted octanol–water partition coefficient (Wildman–Crippen LogP) is 1.99. The van der Waals surface area contributed by atoms with E-state index >= 15 is 0 Å². The zero-order valence-electron chi connectivity index (χ0n) is 12.5. The van der Waals surface area contributed by atoms with Gasteiger partial charge in [0.1, 0.15) is 18.1 Å². The number of hydrogen-bond donors (Lipinski definition) is 1. The van der Waals surface area contributed by atoms with Gasteiger partial charge in [0.2, 0.25) is 6.79 Å². The lowest BCUT2D eigenvalue weighted by atomic mass is 10.3. The number of hydrogen-bond acceptors (Lipinski definition) is 5. The molecule has 0 aliphatic carbocycles. The number of para-hydroxylation sites is 1. The van der Waals surface area contributed by atoms with E-state index in [0.29, 0.717) is 36.1 Å². The fraction of sp³-hybridized carbons (Fsp3) is 0.235. The highest BCUT2D eigenvalue weighted by Crippen LogP contribution is 2.34. The Bertz CT molecular complexity index is 659. The van der Waals surface area contributed by atoms with Crippen LogP contribution in [0.15, 0.2) is 48.5 Å². The van der Waals surface area contributed by atoms with E-state index in [0.717, 1.165) is 0 Å². The largest absolute Gasteiger partial charge is 0.492 e. The van der Waals surface area contributed by atoms with Crippen LogP contribution in [0.2, 0.25) is 0 Å². The summed E-state index contributed by atoms with van der Waals surface area (Å²) in [4.78, 5) is 11.7. The van der Waals surface area contributed by atoms with E-state index in [9.17, 15) is 4.79 Å². The lowest BCUT2D eigenvalue weighted by Crippen LogP contribution is -2.32. The number of carbonyl (C=O) groups excluding carboxylic acids is 1. The SMILES string of the molecule is O=C(COc1ccccc1)NCCOc1ccc2c(c1)OCO2. The van der Waals surface area contributed by atoms with Gasteiger partial charge in [-0.1, -0.05) is 18.2 Å². The van der Waals surface area contributed by atoms with Crippen LogP contribution < -0.4 is 24.3 Å². The van der Waals surface area contributed by atoms with E-state index in [1.807, 2.05) is 18.2 Å². The third-order valence-corrected chi connectivity index (χ3v) is 3.15. The van der Waals surface area contributed by atoms with Crippen LogP contribution >= 0.6 is 0 Å². The number of ether oxygens (including phenoxy) is 4. The summed E-state index contributed by atoms with van der Waals surface area (Å²) in [5.41, 5.74) is 0. The number of amides is 1. The van der Waals surface area contributed by atoms with Crippen molar-refractivity contribution in [2.45, 2.75) is 0 Å². The zero-order chi connectivity index (χ0) is 15.9. The molecular weight excluding hydrogens is 298 g/mol. The summed E-state index contributed by atoms with van der Waals surface area (Å²) in [6, 6.07) is 14.6. The Morgan fingerprint density at radius 2 is 1.83 bits per heavy atom. The smallest absolute Gasteiger partial charge is 0.258 e. The van der Waals surface area contributed by atoms with Crippen molar-refractivity contribution in [1.82, 2.24) is 5.32 Å². The van der Waals surface area contributed by atoms with E-state index in [4.69, 9.17) is 18.9 Å². The second-order valence-corrected chi connectivity index (χ2v) is 4.82. The molecule has 120 valence electrons. The summed E-state index contributed by atoms with van der Waals surface area (Å²) in [5, 5.41) is 2.73. The van der Waals surface area contributed by atoms with E-state index in [-0.39, 0.29) is 19.3 Å². The number of rotatable bonds is 7. The van der Waals surface area contributed by atoms with Gasteiger partial charge in [-0.25, -0.2) is 0 Å². The van der Waals surface area contributed by atoms with Gasteiger partial charge in [-0.15, -0.1) is 0 Å². The molecule has 1 amide bonds. The summed E-state index contributed by atoms with van der Waals surface area (Å²) in [5.74, 6) is 2.53. The molecule has 0 spiro atoms. The van der Waals surface area contributed by atoms with Crippen molar-refractivity contribution in [3.8, 4) is 23.0 Å². The summed E-state index contributed by atoms with van der Waals surface area (Å²) in [6.07, 6.45) is 0. The molecule has 1 heterocycles. The maximum Gasteiger partial charge on any atom is 0.258 e. The highest BCUT2D eigenvalue weighted by atomic mass is 16.7. The molecule has 6 heteroatoms. The van der Waals surface area contributed by atoms with Crippen LogP contribution in [0, 0.1) is 0 Å². The molecule has 0 unspecified atom stereocenters. The van der Waals surface area contributed by atoms with E-state index < -0.39 is 0 Å². The topological polar surface area (TPSA) is 66.0 Å². The van der Waals surface area contributed by atoms with Crippen molar-refractivity contribution in [3.63, 3.8) is 0 Å². The Kier molecular flexibility index (Phi) is 4.83.